The number of rotatable bonds is 7. The summed E-state index contributed by atoms with van der Waals surface area (Å²) in [7, 11) is 0. The van der Waals surface area contributed by atoms with Crippen LogP contribution < -0.4 is 5.32 Å². The fourth-order valence-electron chi connectivity index (χ4n) is 2.28. The van der Waals surface area contributed by atoms with Gasteiger partial charge in [-0.05, 0) is 36.0 Å². The molecular weight excluding hydrogens is 214 g/mol. The second-order valence-electron chi connectivity index (χ2n) is 4.47. The number of hydrogen-bond donors (Lipinski definition) is 2. The van der Waals surface area contributed by atoms with Crippen LogP contribution in [0.15, 0.2) is 18.2 Å². The van der Waals surface area contributed by atoms with Crippen LogP contribution in [-0.2, 0) is 24.1 Å². The zero-order valence-corrected chi connectivity index (χ0v) is 10.2. The second-order valence-corrected chi connectivity index (χ2v) is 4.47. The highest BCUT2D eigenvalue weighted by Crippen LogP contribution is 2.22. The first-order valence-corrected chi connectivity index (χ1v) is 6.40. The molecular formula is C14H21NO2. The maximum absolute atomic E-state index is 8.54. The molecule has 1 aliphatic rings. The van der Waals surface area contributed by atoms with Crippen LogP contribution in [-0.4, -0.2) is 31.5 Å². The van der Waals surface area contributed by atoms with Crippen molar-refractivity contribution in [2.24, 2.45) is 0 Å². The molecule has 1 aromatic rings. The topological polar surface area (TPSA) is 41.5 Å². The van der Waals surface area contributed by atoms with E-state index >= 15 is 0 Å². The van der Waals surface area contributed by atoms with Crippen LogP contribution in [0.25, 0.3) is 0 Å². The highest BCUT2D eigenvalue weighted by molar-refractivity contribution is 5.35. The molecule has 2 N–H and O–H groups in total. The molecule has 3 nitrogen and oxygen atoms in total. The van der Waals surface area contributed by atoms with Gasteiger partial charge in [0.1, 0.15) is 0 Å². The van der Waals surface area contributed by atoms with Crippen molar-refractivity contribution in [3.8, 4) is 0 Å². The minimum Gasteiger partial charge on any atom is -0.394 e. The first kappa shape index (κ1) is 12.6. The molecule has 0 saturated heterocycles. The van der Waals surface area contributed by atoms with Gasteiger partial charge in [0.25, 0.3) is 0 Å². The second kappa shape index (κ2) is 6.74. The smallest absolute Gasteiger partial charge is 0.0698 e. The highest BCUT2D eigenvalue weighted by Gasteiger charge is 2.10. The van der Waals surface area contributed by atoms with Gasteiger partial charge in [-0.15, -0.1) is 0 Å². The average molecular weight is 235 g/mol. The number of hydrogen-bond acceptors (Lipinski definition) is 3. The summed E-state index contributed by atoms with van der Waals surface area (Å²) in [5.74, 6) is 0. The fraction of sp³-hybridized carbons (Fsp3) is 0.571. The molecule has 0 atom stereocenters. The lowest BCUT2D eigenvalue weighted by molar-refractivity contribution is 0.0938. The van der Waals surface area contributed by atoms with Gasteiger partial charge in [0.2, 0.25) is 0 Å². The third-order valence-corrected chi connectivity index (χ3v) is 3.15. The Balaban J connectivity index is 1.69. The molecule has 94 valence electrons. The molecule has 17 heavy (non-hydrogen) atoms. The minimum atomic E-state index is 0.102. The van der Waals surface area contributed by atoms with E-state index in [1.807, 2.05) is 0 Å². The summed E-state index contributed by atoms with van der Waals surface area (Å²) in [6.45, 7) is 2.92. The minimum absolute atomic E-state index is 0.102. The number of fused-ring (bicyclic) bond motifs is 1. The molecule has 1 aliphatic carbocycles. The molecule has 0 aliphatic heterocycles. The van der Waals surface area contributed by atoms with E-state index in [1.54, 1.807) is 0 Å². The average Bonchev–Trinajstić information content (AvgIpc) is 2.81. The van der Waals surface area contributed by atoms with Crippen molar-refractivity contribution in [3.63, 3.8) is 0 Å². The van der Waals surface area contributed by atoms with E-state index in [1.165, 1.54) is 36.0 Å². The molecule has 2 rings (SSSR count). The van der Waals surface area contributed by atoms with Crippen molar-refractivity contribution < 1.29 is 9.84 Å². The third-order valence-electron chi connectivity index (χ3n) is 3.15. The van der Waals surface area contributed by atoms with Gasteiger partial charge < -0.3 is 15.2 Å². The van der Waals surface area contributed by atoms with Crippen LogP contribution >= 0.6 is 0 Å². The predicted octanol–water partition coefficient (Wildman–Crippen LogP) is 1.27. The summed E-state index contributed by atoms with van der Waals surface area (Å²) in [4.78, 5) is 0. The summed E-state index contributed by atoms with van der Waals surface area (Å²) < 4.78 is 5.18. The van der Waals surface area contributed by atoms with Crippen LogP contribution in [0, 0.1) is 0 Å². The van der Waals surface area contributed by atoms with Crippen molar-refractivity contribution in [3.05, 3.63) is 34.9 Å². The molecule has 0 bridgehead atoms. The summed E-state index contributed by atoms with van der Waals surface area (Å²) in [5.41, 5.74) is 4.41. The van der Waals surface area contributed by atoms with E-state index in [0.29, 0.717) is 13.2 Å². The Bertz CT molecular complexity index is 352. The lowest BCUT2D eigenvalue weighted by Gasteiger charge is -2.07. The first-order valence-electron chi connectivity index (χ1n) is 6.40. The maximum Gasteiger partial charge on any atom is 0.0698 e. The standard InChI is InChI=1S/C14H21NO2/c16-7-9-17-8-6-15-11-12-4-5-13-2-1-3-14(13)10-12/h4-5,10,15-16H,1-3,6-9,11H2. The van der Waals surface area contributed by atoms with E-state index in [4.69, 9.17) is 9.84 Å². The molecule has 3 heteroatoms. The van der Waals surface area contributed by atoms with E-state index in [2.05, 4.69) is 23.5 Å². The quantitative estimate of drug-likeness (QED) is 0.699. The summed E-state index contributed by atoms with van der Waals surface area (Å²) in [5, 5.41) is 11.9. The SMILES string of the molecule is OCCOCCNCc1ccc2c(c1)CCC2. The van der Waals surface area contributed by atoms with Crippen molar-refractivity contribution in [2.45, 2.75) is 25.8 Å². The van der Waals surface area contributed by atoms with E-state index in [0.717, 1.165) is 13.1 Å². The summed E-state index contributed by atoms with van der Waals surface area (Å²) >= 11 is 0. The molecule has 0 saturated carbocycles. The number of nitrogens with one attached hydrogen (secondary N) is 1. The van der Waals surface area contributed by atoms with Gasteiger partial charge >= 0.3 is 0 Å². The zero-order chi connectivity index (χ0) is 11.9. The van der Waals surface area contributed by atoms with Crippen molar-refractivity contribution in [1.82, 2.24) is 5.32 Å². The van der Waals surface area contributed by atoms with Crippen LogP contribution in [0.1, 0.15) is 23.1 Å². The molecule has 0 fully saturated rings. The Morgan fingerprint density at radius 3 is 2.94 bits per heavy atom. The number of aryl methyl sites for hydroxylation is 2. The zero-order valence-electron chi connectivity index (χ0n) is 10.2. The maximum atomic E-state index is 8.54. The van der Waals surface area contributed by atoms with Gasteiger partial charge in [0.05, 0.1) is 19.8 Å². The third kappa shape index (κ3) is 3.80. The lowest BCUT2D eigenvalue weighted by Crippen LogP contribution is -2.20. The van der Waals surface area contributed by atoms with Gasteiger partial charge in [-0.25, -0.2) is 0 Å². The van der Waals surface area contributed by atoms with E-state index in [-0.39, 0.29) is 6.61 Å². The van der Waals surface area contributed by atoms with Gasteiger partial charge in [0.15, 0.2) is 0 Å². The normalized spacial score (nSPS) is 13.9. The predicted molar refractivity (Wildman–Crippen MR) is 68.1 cm³/mol. The van der Waals surface area contributed by atoms with Crippen LogP contribution in [0.3, 0.4) is 0 Å². The number of benzene rings is 1. The molecule has 0 aromatic heterocycles. The van der Waals surface area contributed by atoms with Crippen LogP contribution in [0.5, 0.6) is 0 Å². The molecule has 0 amide bonds. The van der Waals surface area contributed by atoms with Crippen molar-refractivity contribution in [1.29, 1.82) is 0 Å². The molecule has 0 spiro atoms. The van der Waals surface area contributed by atoms with Crippen molar-refractivity contribution in [2.75, 3.05) is 26.4 Å². The Morgan fingerprint density at radius 2 is 2.06 bits per heavy atom. The molecule has 1 aromatic carbocycles. The van der Waals surface area contributed by atoms with Crippen LogP contribution in [0.2, 0.25) is 0 Å². The van der Waals surface area contributed by atoms with Gasteiger partial charge in [-0.1, -0.05) is 18.2 Å². The van der Waals surface area contributed by atoms with Crippen molar-refractivity contribution >= 4 is 0 Å². The van der Waals surface area contributed by atoms with E-state index < -0.39 is 0 Å². The Hall–Kier alpha value is -0.900. The first-order chi connectivity index (χ1) is 8.40. The summed E-state index contributed by atoms with van der Waals surface area (Å²) in [6.07, 6.45) is 3.79. The van der Waals surface area contributed by atoms with Crippen LogP contribution in [0.4, 0.5) is 0 Å². The largest absolute Gasteiger partial charge is 0.394 e. The Kier molecular flexibility index (Phi) is 4.98. The van der Waals surface area contributed by atoms with Gasteiger partial charge in [0, 0.05) is 13.1 Å². The monoisotopic (exact) mass is 235 g/mol. The Morgan fingerprint density at radius 1 is 1.18 bits per heavy atom. The molecule has 0 radical (unpaired) electrons. The number of aliphatic hydroxyl groups excluding tert-OH is 1. The fourth-order valence-corrected chi connectivity index (χ4v) is 2.28. The highest BCUT2D eigenvalue weighted by atomic mass is 16.5. The lowest BCUT2D eigenvalue weighted by atomic mass is 10.1. The Labute approximate surface area is 103 Å². The molecule has 0 heterocycles. The molecule has 0 unspecified atom stereocenters. The van der Waals surface area contributed by atoms with Gasteiger partial charge in [-0.2, -0.15) is 0 Å². The number of ether oxygens (including phenoxy) is 1. The summed E-state index contributed by atoms with van der Waals surface area (Å²) in [6, 6.07) is 6.80. The van der Waals surface area contributed by atoms with E-state index in [9.17, 15) is 0 Å². The van der Waals surface area contributed by atoms with Gasteiger partial charge in [-0.3, -0.25) is 0 Å². The number of aliphatic hydroxyl groups is 1.